The number of fused-ring (bicyclic) bond motifs is 1. The molecule has 0 fully saturated rings. The van der Waals surface area contributed by atoms with Crippen LogP contribution in [0.4, 0.5) is 24.5 Å². The highest BCUT2D eigenvalue weighted by Crippen LogP contribution is 2.32. The van der Waals surface area contributed by atoms with E-state index in [0.717, 1.165) is 12.1 Å². The Labute approximate surface area is 201 Å². The van der Waals surface area contributed by atoms with Gasteiger partial charge in [-0.1, -0.05) is 12.1 Å². The van der Waals surface area contributed by atoms with Gasteiger partial charge in [-0.05, 0) is 35.7 Å². The first kappa shape index (κ1) is 25.2. The molecule has 0 saturated carbocycles. The van der Waals surface area contributed by atoms with E-state index in [-0.39, 0.29) is 30.3 Å². The minimum atomic E-state index is -4.69. The Morgan fingerprint density at radius 2 is 1.76 bits per heavy atom. The number of alkyl halides is 3. The summed E-state index contributed by atoms with van der Waals surface area (Å²) < 4.78 is 45.0. The van der Waals surface area contributed by atoms with Gasteiger partial charge in [0.15, 0.2) is 0 Å². The molecule has 2 aromatic carbocycles. The molecule has 0 saturated heterocycles. The van der Waals surface area contributed by atoms with Crippen LogP contribution in [0.25, 0.3) is 11.0 Å². The Bertz CT molecular complexity index is 1320. The van der Waals surface area contributed by atoms with Crippen molar-refractivity contribution >= 4 is 58.0 Å². The lowest BCUT2D eigenvalue weighted by Gasteiger charge is -2.13. The van der Waals surface area contributed by atoms with E-state index in [1.165, 1.54) is 42.7 Å². The number of benzene rings is 2. The highest BCUT2D eigenvalue weighted by Gasteiger charge is 2.35. The molecule has 0 bridgehead atoms. The summed E-state index contributed by atoms with van der Waals surface area (Å²) in [5.74, 6) is -0.994. The fraction of sp³-hybridized carbons (Fsp3) is 0.136. The second kappa shape index (κ2) is 10.2. The van der Waals surface area contributed by atoms with Gasteiger partial charge in [0.05, 0.1) is 27.9 Å². The van der Waals surface area contributed by atoms with Gasteiger partial charge >= 0.3 is 6.18 Å². The molecular weight excluding hydrogens is 493 g/mol. The van der Waals surface area contributed by atoms with E-state index in [4.69, 9.17) is 4.74 Å². The Morgan fingerprint density at radius 1 is 1.06 bits per heavy atom. The summed E-state index contributed by atoms with van der Waals surface area (Å²) in [7, 11) is 1.49. The van der Waals surface area contributed by atoms with Gasteiger partial charge in [0.1, 0.15) is 17.9 Å². The number of hydrogen-bond donors (Lipinski definition) is 3. The Hall–Kier alpha value is -3.41. The lowest BCUT2D eigenvalue weighted by molar-refractivity contribution is -0.137. The van der Waals surface area contributed by atoms with Crippen molar-refractivity contribution in [2.45, 2.75) is 12.8 Å². The number of thiophene rings is 1. The largest absolute Gasteiger partial charge is 0.417 e. The monoisotopic (exact) mass is 510 g/mol. The van der Waals surface area contributed by atoms with E-state index < -0.39 is 29.1 Å². The predicted molar refractivity (Wildman–Crippen MR) is 126 cm³/mol. The van der Waals surface area contributed by atoms with Crippen LogP contribution in [0.5, 0.6) is 0 Å². The standard InChI is InChI=1S/C22H17F3N4O3S.ClH/c1-32-10-18-28-17-9-13(27-20(30)14-4-2-3-5-16(14)22(23,24)25)8-15(19(17)29-18)21(31)26-12-6-7-33-11-12;/h2-9,11H,10H2,1H3,(H,26,31)(H,27,30)(H,28,29);1H. The first-order valence-electron chi connectivity index (χ1n) is 9.59. The third kappa shape index (κ3) is 5.38. The summed E-state index contributed by atoms with van der Waals surface area (Å²) in [6, 6.07) is 9.07. The van der Waals surface area contributed by atoms with Crippen molar-refractivity contribution in [3.05, 3.63) is 75.7 Å². The molecule has 0 aliphatic heterocycles. The Kier molecular flexibility index (Phi) is 7.60. The average Bonchev–Trinajstić information content (AvgIpc) is 3.42. The Morgan fingerprint density at radius 3 is 2.44 bits per heavy atom. The number of imidazole rings is 1. The van der Waals surface area contributed by atoms with Crippen LogP contribution < -0.4 is 10.6 Å². The smallest absolute Gasteiger partial charge is 0.377 e. The summed E-state index contributed by atoms with van der Waals surface area (Å²) in [5.41, 5.74) is 0.0217. The molecule has 34 heavy (non-hydrogen) atoms. The zero-order valence-corrected chi connectivity index (χ0v) is 19.2. The number of nitrogens with zero attached hydrogens (tertiary/aromatic N) is 1. The van der Waals surface area contributed by atoms with Crippen LogP contribution in [-0.4, -0.2) is 28.9 Å². The maximum atomic E-state index is 13.3. The van der Waals surface area contributed by atoms with E-state index in [1.807, 2.05) is 0 Å². The van der Waals surface area contributed by atoms with Crippen LogP contribution in [0.3, 0.4) is 0 Å². The molecule has 12 heteroatoms. The van der Waals surface area contributed by atoms with Crippen LogP contribution in [0.15, 0.2) is 53.2 Å². The quantitative estimate of drug-likeness (QED) is 0.309. The fourth-order valence-electron chi connectivity index (χ4n) is 3.28. The zero-order valence-electron chi connectivity index (χ0n) is 17.5. The molecule has 7 nitrogen and oxygen atoms in total. The molecule has 0 atom stereocenters. The van der Waals surface area contributed by atoms with Crippen molar-refractivity contribution in [2.24, 2.45) is 0 Å². The number of halogens is 4. The van der Waals surface area contributed by atoms with Gasteiger partial charge in [-0.3, -0.25) is 9.59 Å². The summed E-state index contributed by atoms with van der Waals surface area (Å²) in [5, 5.41) is 8.74. The fourth-order valence-corrected chi connectivity index (χ4v) is 3.87. The minimum Gasteiger partial charge on any atom is -0.377 e. The molecule has 2 aromatic heterocycles. The summed E-state index contributed by atoms with van der Waals surface area (Å²) >= 11 is 1.40. The number of carbonyl (C=O) groups excluding carboxylic acids is 2. The van der Waals surface area contributed by atoms with Crippen LogP contribution in [0.1, 0.15) is 32.1 Å². The summed E-state index contributed by atoms with van der Waals surface area (Å²) in [4.78, 5) is 33.0. The van der Waals surface area contributed by atoms with Crippen LogP contribution in [0, 0.1) is 0 Å². The van der Waals surface area contributed by atoms with Crippen molar-refractivity contribution in [1.29, 1.82) is 0 Å². The molecule has 4 aromatic rings. The highest BCUT2D eigenvalue weighted by molar-refractivity contribution is 7.08. The first-order valence-corrected chi connectivity index (χ1v) is 10.5. The number of rotatable bonds is 6. The number of methoxy groups -OCH3 is 1. The number of ether oxygens (including phenoxy) is 1. The lowest BCUT2D eigenvalue weighted by Crippen LogP contribution is -2.19. The topological polar surface area (TPSA) is 96.1 Å². The molecule has 0 aliphatic rings. The van der Waals surface area contributed by atoms with Gasteiger partial charge in [0.2, 0.25) is 0 Å². The number of H-pyrrole nitrogens is 1. The average molecular weight is 511 g/mol. The molecule has 2 amide bonds. The van der Waals surface area contributed by atoms with Crippen molar-refractivity contribution in [3.8, 4) is 0 Å². The molecular formula is C22H18ClF3N4O3S. The van der Waals surface area contributed by atoms with Crippen molar-refractivity contribution in [3.63, 3.8) is 0 Å². The number of aromatic amines is 1. The number of amides is 2. The third-order valence-electron chi connectivity index (χ3n) is 4.68. The van der Waals surface area contributed by atoms with Crippen LogP contribution in [-0.2, 0) is 17.5 Å². The van der Waals surface area contributed by atoms with Gasteiger partial charge in [0, 0.05) is 18.2 Å². The molecule has 178 valence electrons. The van der Waals surface area contributed by atoms with Crippen LogP contribution in [0.2, 0.25) is 0 Å². The third-order valence-corrected chi connectivity index (χ3v) is 5.36. The van der Waals surface area contributed by atoms with E-state index in [2.05, 4.69) is 20.6 Å². The summed E-state index contributed by atoms with van der Waals surface area (Å²) in [6.07, 6.45) is -4.69. The maximum absolute atomic E-state index is 13.3. The maximum Gasteiger partial charge on any atom is 0.417 e. The number of aromatic nitrogens is 2. The highest BCUT2D eigenvalue weighted by atomic mass is 35.5. The molecule has 2 heterocycles. The molecule has 0 aliphatic carbocycles. The van der Waals surface area contributed by atoms with Crippen molar-refractivity contribution in [1.82, 2.24) is 9.97 Å². The number of hydrogen-bond acceptors (Lipinski definition) is 5. The van der Waals surface area contributed by atoms with E-state index in [0.29, 0.717) is 22.5 Å². The van der Waals surface area contributed by atoms with E-state index in [9.17, 15) is 22.8 Å². The van der Waals surface area contributed by atoms with E-state index in [1.54, 1.807) is 16.8 Å². The van der Waals surface area contributed by atoms with Crippen molar-refractivity contribution in [2.75, 3.05) is 17.7 Å². The second-order valence-electron chi connectivity index (χ2n) is 7.00. The molecule has 0 spiro atoms. The van der Waals surface area contributed by atoms with Gasteiger partial charge in [-0.15, -0.1) is 12.4 Å². The number of carbonyl (C=O) groups is 2. The van der Waals surface area contributed by atoms with Gasteiger partial charge in [-0.2, -0.15) is 24.5 Å². The number of nitrogens with one attached hydrogen (secondary N) is 3. The van der Waals surface area contributed by atoms with Gasteiger partial charge in [0.25, 0.3) is 11.8 Å². The second-order valence-corrected chi connectivity index (χ2v) is 7.78. The first-order chi connectivity index (χ1) is 15.8. The van der Waals surface area contributed by atoms with Gasteiger partial charge < -0.3 is 20.4 Å². The Balaban J connectivity index is 0.00000324. The number of anilines is 2. The van der Waals surface area contributed by atoms with Gasteiger partial charge in [-0.25, -0.2) is 4.98 Å². The molecule has 4 rings (SSSR count). The predicted octanol–water partition coefficient (Wildman–Crippen LogP) is 5.72. The van der Waals surface area contributed by atoms with Crippen LogP contribution >= 0.6 is 23.7 Å². The van der Waals surface area contributed by atoms with Crippen molar-refractivity contribution < 1.29 is 27.5 Å². The minimum absolute atomic E-state index is 0. The molecule has 0 radical (unpaired) electrons. The molecule has 0 unspecified atom stereocenters. The summed E-state index contributed by atoms with van der Waals surface area (Å²) in [6.45, 7) is 0.154. The normalized spacial score (nSPS) is 11.2. The zero-order chi connectivity index (χ0) is 23.6. The SMILES string of the molecule is COCc1nc2c(C(=O)Nc3ccsc3)cc(NC(=O)c3ccccc3C(F)(F)F)cc2[nH]1.Cl. The lowest BCUT2D eigenvalue weighted by atomic mass is 10.1. The molecule has 3 N–H and O–H groups in total. The van der Waals surface area contributed by atoms with E-state index >= 15 is 0 Å².